The van der Waals surface area contributed by atoms with E-state index in [1.165, 1.54) is 6.07 Å². The number of primary sulfonamides is 1. The number of hydrogen-bond donors (Lipinski definition) is 3. The summed E-state index contributed by atoms with van der Waals surface area (Å²) in [6.45, 7) is 1.47. The molecule has 8 heteroatoms. The van der Waals surface area contributed by atoms with Crippen molar-refractivity contribution in [1.29, 1.82) is 0 Å². The Kier molecular flexibility index (Phi) is 4.65. The van der Waals surface area contributed by atoms with Gasteiger partial charge >= 0.3 is 5.97 Å². The van der Waals surface area contributed by atoms with Crippen LogP contribution in [0.25, 0.3) is 0 Å². The maximum absolute atomic E-state index is 12.1. The molecule has 132 valence electrons. The largest absolute Gasteiger partial charge is 0.478 e. The van der Waals surface area contributed by atoms with Crippen LogP contribution in [0.2, 0.25) is 0 Å². The molecule has 0 bridgehead atoms. The second-order valence-corrected chi connectivity index (χ2v) is 7.43. The van der Waals surface area contributed by atoms with E-state index >= 15 is 0 Å². The number of nitrogens with zero attached hydrogens (tertiary/aromatic N) is 1. The molecule has 7 nitrogen and oxygen atoms in total. The summed E-state index contributed by atoms with van der Waals surface area (Å²) in [7, 11) is -4.11. The molecule has 2 aromatic rings. The van der Waals surface area contributed by atoms with Crippen molar-refractivity contribution in [3.8, 4) is 0 Å². The van der Waals surface area contributed by atoms with Crippen LogP contribution in [-0.4, -0.2) is 32.6 Å². The first-order chi connectivity index (χ1) is 11.9. The molecule has 0 aliphatic carbocycles. The Morgan fingerprint density at radius 2 is 1.76 bits per heavy atom. The van der Waals surface area contributed by atoms with Crippen LogP contribution in [0, 0.1) is 0 Å². The number of carboxylic acids is 1. The van der Waals surface area contributed by atoms with Crippen LogP contribution < -0.4 is 15.4 Å². The van der Waals surface area contributed by atoms with Gasteiger partial charge < -0.3 is 15.3 Å². The average molecular weight is 361 g/mol. The molecule has 25 heavy (non-hydrogen) atoms. The number of anilines is 3. The maximum atomic E-state index is 12.1. The van der Waals surface area contributed by atoms with Crippen LogP contribution in [0.4, 0.5) is 17.1 Å². The molecular formula is C17H19N3O4S. The standard InChI is InChI=1S/C17H19N3O4S/c18-25(23,24)15-11-12(17(21)22)10-14(20-8-4-5-9-20)16(15)19-13-6-2-1-3-7-13/h1-3,6-7,10-11,19H,4-5,8-9H2,(H,21,22)(H2,18,23,24). The number of benzene rings is 2. The monoisotopic (exact) mass is 361 g/mol. The van der Waals surface area contributed by atoms with E-state index in [-0.39, 0.29) is 10.5 Å². The van der Waals surface area contributed by atoms with Gasteiger partial charge in [0, 0.05) is 18.8 Å². The zero-order chi connectivity index (χ0) is 18.0. The molecule has 3 rings (SSSR count). The normalized spacial score (nSPS) is 14.5. The highest BCUT2D eigenvalue weighted by atomic mass is 32.2. The van der Waals surface area contributed by atoms with Crippen molar-refractivity contribution < 1.29 is 18.3 Å². The summed E-state index contributed by atoms with van der Waals surface area (Å²) in [6, 6.07) is 11.7. The van der Waals surface area contributed by atoms with Gasteiger partial charge in [0.05, 0.1) is 16.9 Å². The van der Waals surface area contributed by atoms with Gasteiger partial charge in [-0.3, -0.25) is 0 Å². The Hall–Kier alpha value is -2.58. The van der Waals surface area contributed by atoms with Gasteiger partial charge in [0.1, 0.15) is 4.90 Å². The third-order valence-corrected chi connectivity index (χ3v) is 5.06. The van der Waals surface area contributed by atoms with Gasteiger partial charge in [-0.15, -0.1) is 0 Å². The van der Waals surface area contributed by atoms with Crippen molar-refractivity contribution in [1.82, 2.24) is 0 Å². The summed E-state index contributed by atoms with van der Waals surface area (Å²) >= 11 is 0. The number of carboxylic acid groups (broad SMARTS) is 1. The summed E-state index contributed by atoms with van der Waals surface area (Å²) in [5, 5.41) is 17.8. The van der Waals surface area contributed by atoms with Gasteiger partial charge in [0.2, 0.25) is 10.0 Å². The van der Waals surface area contributed by atoms with Crippen LogP contribution in [0.15, 0.2) is 47.4 Å². The summed E-state index contributed by atoms with van der Waals surface area (Å²) in [6.07, 6.45) is 1.93. The van der Waals surface area contributed by atoms with E-state index in [2.05, 4.69) is 5.32 Å². The maximum Gasteiger partial charge on any atom is 0.335 e. The summed E-state index contributed by atoms with van der Waals surface area (Å²) in [4.78, 5) is 13.2. The first-order valence-electron chi connectivity index (χ1n) is 7.87. The minimum atomic E-state index is -4.11. The number of para-hydroxylation sites is 1. The topological polar surface area (TPSA) is 113 Å². The fraction of sp³-hybridized carbons (Fsp3) is 0.235. The molecule has 2 aromatic carbocycles. The van der Waals surface area contributed by atoms with Crippen LogP contribution in [0.5, 0.6) is 0 Å². The van der Waals surface area contributed by atoms with Gasteiger partial charge in [-0.25, -0.2) is 18.4 Å². The Morgan fingerprint density at radius 3 is 2.32 bits per heavy atom. The highest BCUT2D eigenvalue weighted by Crippen LogP contribution is 2.37. The number of rotatable bonds is 5. The first kappa shape index (κ1) is 17.2. The first-order valence-corrected chi connectivity index (χ1v) is 9.42. The van der Waals surface area contributed by atoms with Crippen molar-refractivity contribution in [2.24, 2.45) is 5.14 Å². The molecule has 1 heterocycles. The molecule has 4 N–H and O–H groups in total. The van der Waals surface area contributed by atoms with Gasteiger partial charge in [-0.05, 0) is 37.1 Å². The second-order valence-electron chi connectivity index (χ2n) is 5.90. The van der Waals surface area contributed by atoms with Crippen LogP contribution in [0.1, 0.15) is 23.2 Å². The van der Waals surface area contributed by atoms with Crippen molar-refractivity contribution in [2.45, 2.75) is 17.7 Å². The van der Waals surface area contributed by atoms with Crippen molar-refractivity contribution in [3.05, 3.63) is 48.0 Å². The molecule has 1 saturated heterocycles. The van der Waals surface area contributed by atoms with Gasteiger partial charge in [0.15, 0.2) is 0 Å². The van der Waals surface area contributed by atoms with Crippen molar-refractivity contribution in [2.75, 3.05) is 23.3 Å². The quantitative estimate of drug-likeness (QED) is 0.754. The van der Waals surface area contributed by atoms with E-state index in [1.807, 2.05) is 23.1 Å². The van der Waals surface area contributed by atoms with E-state index in [0.29, 0.717) is 17.1 Å². The molecule has 1 fully saturated rings. The van der Waals surface area contributed by atoms with E-state index in [9.17, 15) is 18.3 Å². The van der Waals surface area contributed by atoms with E-state index < -0.39 is 16.0 Å². The Balaban J connectivity index is 2.22. The van der Waals surface area contributed by atoms with Gasteiger partial charge in [-0.2, -0.15) is 0 Å². The molecule has 0 radical (unpaired) electrons. The molecule has 0 amide bonds. The molecule has 1 aliphatic rings. The minimum absolute atomic E-state index is 0.107. The molecule has 0 atom stereocenters. The SMILES string of the molecule is NS(=O)(=O)c1cc(C(=O)O)cc(N2CCCC2)c1Nc1ccccc1. The number of carbonyl (C=O) groups is 1. The van der Waals surface area contributed by atoms with E-state index in [4.69, 9.17) is 5.14 Å². The molecular weight excluding hydrogens is 342 g/mol. The minimum Gasteiger partial charge on any atom is -0.478 e. The van der Waals surface area contributed by atoms with E-state index in [1.54, 1.807) is 12.1 Å². The lowest BCUT2D eigenvalue weighted by molar-refractivity contribution is 0.0696. The summed E-state index contributed by atoms with van der Waals surface area (Å²) in [5.41, 5.74) is 1.42. The van der Waals surface area contributed by atoms with Gasteiger partial charge in [-0.1, -0.05) is 18.2 Å². The van der Waals surface area contributed by atoms with Gasteiger partial charge in [0.25, 0.3) is 0 Å². The predicted molar refractivity (Wildman–Crippen MR) is 95.9 cm³/mol. The highest BCUT2D eigenvalue weighted by molar-refractivity contribution is 7.89. The average Bonchev–Trinajstić information content (AvgIpc) is 3.09. The predicted octanol–water partition coefficient (Wildman–Crippen LogP) is 2.38. The van der Waals surface area contributed by atoms with E-state index in [0.717, 1.165) is 32.0 Å². The Morgan fingerprint density at radius 1 is 1.12 bits per heavy atom. The number of aromatic carboxylic acids is 1. The Bertz CT molecular complexity index is 892. The molecule has 0 spiro atoms. The van der Waals surface area contributed by atoms with Crippen molar-refractivity contribution >= 4 is 33.1 Å². The molecule has 0 saturated carbocycles. The molecule has 1 aliphatic heterocycles. The smallest absolute Gasteiger partial charge is 0.335 e. The van der Waals surface area contributed by atoms with Crippen LogP contribution in [0.3, 0.4) is 0 Å². The fourth-order valence-electron chi connectivity index (χ4n) is 2.95. The summed E-state index contributed by atoms with van der Waals surface area (Å²) in [5.74, 6) is -1.20. The van der Waals surface area contributed by atoms with Crippen LogP contribution in [-0.2, 0) is 10.0 Å². The third-order valence-electron chi connectivity index (χ3n) is 4.12. The highest BCUT2D eigenvalue weighted by Gasteiger charge is 2.25. The number of nitrogens with two attached hydrogens (primary N) is 1. The lowest BCUT2D eigenvalue weighted by Crippen LogP contribution is -2.22. The lowest BCUT2D eigenvalue weighted by atomic mass is 10.1. The van der Waals surface area contributed by atoms with Crippen molar-refractivity contribution in [3.63, 3.8) is 0 Å². The Labute approximate surface area is 146 Å². The van der Waals surface area contributed by atoms with Crippen LogP contribution >= 0.6 is 0 Å². The molecule has 0 unspecified atom stereocenters. The molecule has 0 aromatic heterocycles. The fourth-order valence-corrected chi connectivity index (χ4v) is 3.68. The number of sulfonamides is 1. The third kappa shape index (κ3) is 3.75. The number of hydrogen-bond acceptors (Lipinski definition) is 5. The summed E-state index contributed by atoms with van der Waals surface area (Å²) < 4.78 is 24.2. The lowest BCUT2D eigenvalue weighted by Gasteiger charge is -2.24. The zero-order valence-electron chi connectivity index (χ0n) is 13.5. The second kappa shape index (κ2) is 6.73. The number of nitrogens with one attached hydrogen (secondary N) is 1. The zero-order valence-corrected chi connectivity index (χ0v) is 14.3.